The molecular formula is C21H24N2O4S. The van der Waals surface area contributed by atoms with Gasteiger partial charge >= 0.3 is 5.97 Å². The minimum Gasteiger partial charge on any atom is -0.457 e. The highest BCUT2D eigenvalue weighted by Crippen LogP contribution is 2.19. The van der Waals surface area contributed by atoms with E-state index in [0.29, 0.717) is 25.2 Å². The number of ketones is 1. The summed E-state index contributed by atoms with van der Waals surface area (Å²) in [6.07, 6.45) is 0.104. The van der Waals surface area contributed by atoms with Gasteiger partial charge in [-0.05, 0) is 25.5 Å². The summed E-state index contributed by atoms with van der Waals surface area (Å²) in [5, 5.41) is -0.00488. The third-order valence-corrected chi connectivity index (χ3v) is 5.74. The Morgan fingerprint density at radius 2 is 1.93 bits per heavy atom. The predicted octanol–water partition coefficient (Wildman–Crippen LogP) is 3.44. The normalized spacial score (nSPS) is 13.8. The number of hydrogen-bond donors (Lipinski definition) is 0. The smallest absolute Gasteiger partial charge is 0.308 e. The van der Waals surface area contributed by atoms with E-state index in [1.165, 1.54) is 11.8 Å². The Kier molecular flexibility index (Phi) is 6.57. The van der Waals surface area contributed by atoms with E-state index in [1.54, 1.807) is 4.90 Å². The number of benzene rings is 1. The second-order valence-electron chi connectivity index (χ2n) is 6.79. The highest BCUT2D eigenvalue weighted by Gasteiger charge is 2.22. The van der Waals surface area contributed by atoms with Crippen LogP contribution in [0.25, 0.3) is 0 Å². The lowest BCUT2D eigenvalue weighted by Gasteiger charge is -2.13. The van der Waals surface area contributed by atoms with E-state index in [0.717, 1.165) is 22.7 Å². The Bertz CT molecular complexity index is 876. The number of Topliss-reactive ketones (excluding diaryl/α,β-unsaturated/α-hetero) is 1. The van der Waals surface area contributed by atoms with Crippen molar-refractivity contribution in [3.05, 3.63) is 58.9 Å². The molecule has 0 bridgehead atoms. The van der Waals surface area contributed by atoms with Crippen molar-refractivity contribution in [1.82, 2.24) is 9.47 Å². The van der Waals surface area contributed by atoms with Crippen LogP contribution in [0.15, 0.2) is 36.4 Å². The summed E-state index contributed by atoms with van der Waals surface area (Å²) in [6.45, 7) is 5.27. The zero-order chi connectivity index (χ0) is 20.1. The molecular weight excluding hydrogens is 376 g/mol. The van der Waals surface area contributed by atoms with Crippen LogP contribution in [0.3, 0.4) is 0 Å². The molecule has 1 saturated heterocycles. The maximum Gasteiger partial charge on any atom is 0.308 e. The van der Waals surface area contributed by atoms with Gasteiger partial charge in [0.05, 0.1) is 6.42 Å². The van der Waals surface area contributed by atoms with Crippen molar-refractivity contribution < 1.29 is 19.1 Å². The fourth-order valence-corrected chi connectivity index (χ4v) is 4.10. The summed E-state index contributed by atoms with van der Waals surface area (Å²) in [6, 6.07) is 11.9. The second-order valence-corrected chi connectivity index (χ2v) is 7.84. The number of nitrogens with zero attached hydrogens (tertiary/aromatic N) is 2. The van der Waals surface area contributed by atoms with Gasteiger partial charge in [0.25, 0.3) is 5.24 Å². The molecule has 1 aromatic heterocycles. The van der Waals surface area contributed by atoms with Gasteiger partial charge in [0.15, 0.2) is 6.61 Å². The van der Waals surface area contributed by atoms with Crippen molar-refractivity contribution in [3.8, 4) is 0 Å². The number of carbonyl (C=O) groups excluding carboxylic acids is 3. The average Bonchev–Trinajstić information content (AvgIpc) is 3.23. The monoisotopic (exact) mass is 400 g/mol. The molecule has 0 radical (unpaired) electrons. The molecule has 1 fully saturated rings. The number of carbonyl (C=O) groups is 3. The van der Waals surface area contributed by atoms with Crippen LogP contribution in [0.2, 0.25) is 0 Å². The molecule has 2 aromatic rings. The summed E-state index contributed by atoms with van der Waals surface area (Å²) in [4.78, 5) is 37.6. The maximum absolute atomic E-state index is 12.5. The standard InChI is InChI=1S/C21H24N2O4S/c1-15-12-18(16(2)23(15)13-17-6-4-3-5-7-17)19(24)14-27-20(25)8-9-22-10-11-28-21(22)26/h3-7,12H,8-11,13-14H2,1-2H3. The molecule has 7 heteroatoms. The van der Waals surface area contributed by atoms with E-state index in [9.17, 15) is 14.4 Å². The molecule has 148 valence electrons. The van der Waals surface area contributed by atoms with Crippen LogP contribution in [0.1, 0.15) is 33.7 Å². The number of aryl methyl sites for hydroxylation is 1. The molecule has 28 heavy (non-hydrogen) atoms. The van der Waals surface area contributed by atoms with Crippen LogP contribution in [0, 0.1) is 13.8 Å². The van der Waals surface area contributed by atoms with Crippen LogP contribution in [-0.4, -0.2) is 51.9 Å². The van der Waals surface area contributed by atoms with E-state index in [2.05, 4.69) is 4.57 Å². The molecule has 1 aliphatic heterocycles. The van der Waals surface area contributed by atoms with Crippen LogP contribution in [-0.2, 0) is 16.1 Å². The second kappa shape index (κ2) is 9.10. The van der Waals surface area contributed by atoms with E-state index in [4.69, 9.17) is 4.74 Å². The predicted molar refractivity (Wildman–Crippen MR) is 109 cm³/mol. The first-order chi connectivity index (χ1) is 13.5. The summed E-state index contributed by atoms with van der Waals surface area (Å²) in [5.41, 5.74) is 3.58. The van der Waals surface area contributed by atoms with E-state index in [1.807, 2.05) is 50.2 Å². The van der Waals surface area contributed by atoms with Gasteiger partial charge in [0.2, 0.25) is 5.78 Å². The first kappa shape index (κ1) is 20.2. The van der Waals surface area contributed by atoms with Crippen molar-refractivity contribution in [2.75, 3.05) is 25.4 Å². The maximum atomic E-state index is 12.5. The SMILES string of the molecule is Cc1cc(C(=O)COC(=O)CCN2CCSC2=O)c(C)n1Cc1ccccc1. The fourth-order valence-electron chi connectivity index (χ4n) is 3.24. The highest BCUT2D eigenvalue weighted by atomic mass is 32.2. The lowest BCUT2D eigenvalue weighted by Crippen LogP contribution is -2.27. The third kappa shape index (κ3) is 4.84. The number of amides is 1. The van der Waals surface area contributed by atoms with Gasteiger partial charge < -0.3 is 14.2 Å². The van der Waals surface area contributed by atoms with Crippen LogP contribution in [0.4, 0.5) is 4.79 Å². The van der Waals surface area contributed by atoms with Gasteiger partial charge in [-0.3, -0.25) is 14.4 Å². The number of hydrogen-bond acceptors (Lipinski definition) is 5. The molecule has 0 atom stereocenters. The number of aromatic nitrogens is 1. The lowest BCUT2D eigenvalue weighted by atomic mass is 10.1. The Labute approximate surface area is 168 Å². The summed E-state index contributed by atoms with van der Waals surface area (Å²) in [5.74, 6) is 0.0787. The average molecular weight is 401 g/mol. The lowest BCUT2D eigenvalue weighted by molar-refractivity contribution is -0.142. The van der Waals surface area contributed by atoms with Gasteiger partial charge in [-0.15, -0.1) is 0 Å². The van der Waals surface area contributed by atoms with Crippen LogP contribution in [0.5, 0.6) is 0 Å². The van der Waals surface area contributed by atoms with Crippen LogP contribution < -0.4 is 0 Å². The van der Waals surface area contributed by atoms with Crippen molar-refractivity contribution in [1.29, 1.82) is 0 Å². The molecule has 6 nitrogen and oxygen atoms in total. The molecule has 1 aliphatic rings. The van der Waals surface area contributed by atoms with Gasteiger partial charge in [0.1, 0.15) is 0 Å². The Balaban J connectivity index is 1.55. The van der Waals surface area contributed by atoms with Gasteiger partial charge in [-0.2, -0.15) is 0 Å². The Hall–Kier alpha value is -2.54. The van der Waals surface area contributed by atoms with Crippen molar-refractivity contribution in [3.63, 3.8) is 0 Å². The minimum absolute atomic E-state index is 0.00488. The van der Waals surface area contributed by atoms with Gasteiger partial charge in [-0.25, -0.2) is 0 Å². The molecule has 1 aromatic carbocycles. The highest BCUT2D eigenvalue weighted by molar-refractivity contribution is 8.13. The topological polar surface area (TPSA) is 68.6 Å². The molecule has 2 heterocycles. The van der Waals surface area contributed by atoms with Gasteiger partial charge in [0, 0.05) is 42.3 Å². The largest absolute Gasteiger partial charge is 0.457 e. The van der Waals surface area contributed by atoms with E-state index in [-0.39, 0.29) is 24.1 Å². The van der Waals surface area contributed by atoms with Gasteiger partial charge in [-0.1, -0.05) is 42.1 Å². The minimum atomic E-state index is -0.462. The zero-order valence-electron chi connectivity index (χ0n) is 16.1. The van der Waals surface area contributed by atoms with Crippen LogP contribution >= 0.6 is 11.8 Å². The zero-order valence-corrected chi connectivity index (χ0v) is 17.0. The number of esters is 1. The molecule has 1 amide bonds. The molecule has 0 saturated carbocycles. The molecule has 0 aliphatic carbocycles. The van der Waals surface area contributed by atoms with Crippen molar-refractivity contribution in [2.45, 2.75) is 26.8 Å². The molecule has 3 rings (SSSR count). The third-order valence-electron chi connectivity index (χ3n) is 4.85. The summed E-state index contributed by atoms with van der Waals surface area (Å²) in [7, 11) is 0. The Morgan fingerprint density at radius 3 is 2.61 bits per heavy atom. The number of ether oxygens (including phenoxy) is 1. The molecule has 0 spiro atoms. The molecule has 0 unspecified atom stereocenters. The molecule has 0 N–H and O–H groups in total. The van der Waals surface area contributed by atoms with Crippen molar-refractivity contribution >= 4 is 28.8 Å². The Morgan fingerprint density at radius 1 is 1.18 bits per heavy atom. The number of thioether (sulfide) groups is 1. The first-order valence-electron chi connectivity index (χ1n) is 9.27. The first-order valence-corrected chi connectivity index (χ1v) is 10.3. The number of rotatable bonds is 8. The van der Waals surface area contributed by atoms with Crippen molar-refractivity contribution in [2.24, 2.45) is 0 Å². The fraction of sp³-hybridized carbons (Fsp3) is 0.381. The van der Waals surface area contributed by atoms with E-state index >= 15 is 0 Å². The quantitative estimate of drug-likeness (QED) is 0.502. The van der Waals surface area contributed by atoms with E-state index < -0.39 is 5.97 Å². The summed E-state index contributed by atoms with van der Waals surface area (Å²) < 4.78 is 7.22. The summed E-state index contributed by atoms with van der Waals surface area (Å²) >= 11 is 1.26.